The summed E-state index contributed by atoms with van der Waals surface area (Å²) in [5, 5.41) is 36.1. The van der Waals surface area contributed by atoms with E-state index in [0.29, 0.717) is 17.0 Å². The molecule has 10 heteroatoms. The quantitative estimate of drug-likeness (QED) is 0.525. The molecule has 1 aliphatic carbocycles. The Morgan fingerprint density at radius 2 is 1.77 bits per heavy atom. The minimum Gasteiger partial charge on any atom is -0.508 e. The van der Waals surface area contributed by atoms with Crippen LogP contribution in [0.25, 0.3) is 0 Å². The summed E-state index contributed by atoms with van der Waals surface area (Å²) in [6, 6.07) is 5.27. The number of rotatable bonds is 6. The molecule has 30 heavy (non-hydrogen) atoms. The summed E-state index contributed by atoms with van der Waals surface area (Å²) in [6.45, 7) is 1.82. The van der Waals surface area contributed by atoms with E-state index in [1.54, 1.807) is 23.5 Å². The van der Waals surface area contributed by atoms with Gasteiger partial charge in [-0.15, -0.1) is 20.4 Å². The highest BCUT2D eigenvalue weighted by molar-refractivity contribution is 7.15. The Labute approximate surface area is 182 Å². The Morgan fingerprint density at radius 3 is 2.40 bits per heavy atom. The van der Waals surface area contributed by atoms with Crippen LogP contribution in [-0.2, 0) is 11.2 Å². The van der Waals surface area contributed by atoms with Gasteiger partial charge in [0.2, 0.25) is 16.2 Å². The van der Waals surface area contributed by atoms with Crippen molar-refractivity contribution in [2.24, 2.45) is 0 Å². The fourth-order valence-electron chi connectivity index (χ4n) is 3.70. The number of hydrogen-bond donors (Lipinski definition) is 3. The van der Waals surface area contributed by atoms with Crippen molar-refractivity contribution in [2.45, 2.75) is 50.9 Å². The number of carbonyl (C=O) groups is 1. The molecule has 1 saturated carbocycles. The second-order valence-electron chi connectivity index (χ2n) is 7.55. The van der Waals surface area contributed by atoms with Crippen molar-refractivity contribution < 1.29 is 9.90 Å². The van der Waals surface area contributed by atoms with Crippen molar-refractivity contribution in [1.29, 1.82) is 0 Å². The number of benzene rings is 1. The number of aromatic nitrogens is 4. The third-order valence-electron chi connectivity index (χ3n) is 5.35. The van der Waals surface area contributed by atoms with E-state index in [2.05, 4.69) is 31.0 Å². The van der Waals surface area contributed by atoms with E-state index in [9.17, 15) is 9.90 Å². The smallest absolute Gasteiger partial charge is 0.230 e. The predicted molar refractivity (Wildman–Crippen MR) is 118 cm³/mol. The minimum atomic E-state index is -0.170. The average molecular weight is 445 g/mol. The van der Waals surface area contributed by atoms with E-state index in [4.69, 9.17) is 0 Å². The minimum absolute atomic E-state index is 0.170. The summed E-state index contributed by atoms with van der Waals surface area (Å²) < 4.78 is 0. The summed E-state index contributed by atoms with van der Waals surface area (Å²) in [6.07, 6.45) is 4.45. The number of hydrogen-bond acceptors (Lipinski definition) is 9. The second-order valence-corrected chi connectivity index (χ2v) is 9.57. The van der Waals surface area contributed by atoms with Gasteiger partial charge in [-0.3, -0.25) is 4.79 Å². The highest BCUT2D eigenvalue weighted by Gasteiger charge is 2.29. The fraction of sp³-hybridized carbons (Fsp3) is 0.450. The first-order valence-electron chi connectivity index (χ1n) is 9.94. The zero-order chi connectivity index (χ0) is 21.1. The van der Waals surface area contributed by atoms with Gasteiger partial charge in [-0.25, -0.2) is 0 Å². The molecule has 0 spiro atoms. The molecule has 1 amide bonds. The van der Waals surface area contributed by atoms with Crippen molar-refractivity contribution in [1.82, 2.24) is 20.4 Å². The predicted octanol–water partition coefficient (Wildman–Crippen LogP) is 4.07. The monoisotopic (exact) mass is 444 g/mol. The van der Waals surface area contributed by atoms with Crippen LogP contribution in [0.15, 0.2) is 18.2 Å². The maximum absolute atomic E-state index is 12.4. The highest BCUT2D eigenvalue weighted by Crippen LogP contribution is 2.43. The zero-order valence-corrected chi connectivity index (χ0v) is 18.5. The SMILES string of the molecule is CNc1nnc(C2CCC[C@H](c3nnc(NC(=O)Cc4ccc(C)c(O)c4)s3)C2)s1. The number of carbonyl (C=O) groups excluding carboxylic acids is 1. The first kappa shape index (κ1) is 20.7. The van der Waals surface area contributed by atoms with Crippen molar-refractivity contribution in [3.8, 4) is 5.75 Å². The molecule has 2 atom stereocenters. The molecule has 2 heterocycles. The van der Waals surface area contributed by atoms with Gasteiger partial charge in [0.15, 0.2) is 0 Å². The lowest BCUT2D eigenvalue weighted by molar-refractivity contribution is -0.115. The molecule has 0 radical (unpaired) electrons. The Hall–Kier alpha value is -2.59. The molecule has 1 aromatic carbocycles. The van der Waals surface area contributed by atoms with Gasteiger partial charge in [-0.2, -0.15) is 0 Å². The van der Waals surface area contributed by atoms with Crippen LogP contribution in [0, 0.1) is 6.92 Å². The first-order chi connectivity index (χ1) is 14.5. The van der Waals surface area contributed by atoms with Crippen molar-refractivity contribution in [3.05, 3.63) is 39.3 Å². The maximum Gasteiger partial charge on any atom is 0.230 e. The lowest BCUT2D eigenvalue weighted by Gasteiger charge is -2.25. The lowest BCUT2D eigenvalue weighted by Crippen LogP contribution is -2.14. The van der Waals surface area contributed by atoms with Gasteiger partial charge >= 0.3 is 0 Å². The molecule has 8 nitrogen and oxygen atoms in total. The third kappa shape index (κ3) is 4.76. The van der Waals surface area contributed by atoms with Gasteiger partial charge in [0, 0.05) is 18.9 Å². The van der Waals surface area contributed by atoms with Gasteiger partial charge in [-0.05, 0) is 43.4 Å². The van der Waals surface area contributed by atoms with Crippen LogP contribution in [0.1, 0.15) is 58.7 Å². The summed E-state index contributed by atoms with van der Waals surface area (Å²) in [4.78, 5) is 12.4. The van der Waals surface area contributed by atoms with Gasteiger partial charge in [0.1, 0.15) is 15.8 Å². The van der Waals surface area contributed by atoms with Gasteiger partial charge in [0.25, 0.3) is 0 Å². The molecule has 0 saturated heterocycles. The number of phenolic OH excluding ortho intramolecular Hbond substituents is 1. The molecule has 0 bridgehead atoms. The maximum atomic E-state index is 12.4. The van der Waals surface area contributed by atoms with E-state index in [1.165, 1.54) is 11.3 Å². The molecule has 2 aromatic heterocycles. The van der Waals surface area contributed by atoms with Crippen LogP contribution >= 0.6 is 22.7 Å². The normalized spacial score (nSPS) is 18.9. The van der Waals surface area contributed by atoms with E-state index >= 15 is 0 Å². The molecule has 4 rings (SSSR count). The Bertz CT molecular complexity index is 1030. The molecular formula is C20H24N6O2S2. The number of nitrogens with zero attached hydrogens (tertiary/aromatic N) is 4. The van der Waals surface area contributed by atoms with Crippen molar-refractivity contribution in [3.63, 3.8) is 0 Å². The van der Waals surface area contributed by atoms with Gasteiger partial charge in [-0.1, -0.05) is 41.2 Å². The Morgan fingerprint density at radius 1 is 1.10 bits per heavy atom. The standard InChI is InChI=1S/C20H24N6O2S2/c1-11-6-7-12(8-15(11)27)9-16(28)22-20-26-24-18(30-20)14-5-3-4-13(10-14)17-23-25-19(21-2)29-17/h6-8,13-14,27H,3-5,9-10H2,1-2H3,(H,21,25)(H,22,26,28)/t13?,14-/m0/s1. The van der Waals surface area contributed by atoms with Crippen LogP contribution in [0.2, 0.25) is 0 Å². The second kappa shape index (κ2) is 9.05. The number of amides is 1. The van der Waals surface area contributed by atoms with Crippen LogP contribution in [-0.4, -0.2) is 38.5 Å². The zero-order valence-electron chi connectivity index (χ0n) is 16.9. The molecular weight excluding hydrogens is 420 g/mol. The summed E-state index contributed by atoms with van der Waals surface area (Å²) in [7, 11) is 1.85. The van der Waals surface area contributed by atoms with E-state index in [0.717, 1.165) is 52.0 Å². The van der Waals surface area contributed by atoms with Crippen LogP contribution in [0.5, 0.6) is 5.75 Å². The van der Waals surface area contributed by atoms with Crippen LogP contribution in [0.4, 0.5) is 10.3 Å². The van der Waals surface area contributed by atoms with Crippen LogP contribution in [0.3, 0.4) is 0 Å². The van der Waals surface area contributed by atoms with Gasteiger partial charge < -0.3 is 15.7 Å². The van der Waals surface area contributed by atoms with Gasteiger partial charge in [0.05, 0.1) is 6.42 Å². The summed E-state index contributed by atoms with van der Waals surface area (Å²) in [5.41, 5.74) is 1.54. The number of anilines is 2. The number of nitrogens with one attached hydrogen (secondary N) is 2. The molecule has 1 unspecified atom stereocenters. The van der Waals surface area contributed by atoms with Crippen molar-refractivity contribution in [2.75, 3.05) is 17.7 Å². The third-order valence-corrected chi connectivity index (χ3v) is 7.46. The Balaban J connectivity index is 1.37. The van der Waals surface area contributed by atoms with E-state index in [1.807, 2.05) is 20.0 Å². The molecule has 1 aliphatic rings. The number of aryl methyl sites for hydroxylation is 1. The first-order valence-corrected chi connectivity index (χ1v) is 11.6. The molecule has 158 valence electrons. The summed E-state index contributed by atoms with van der Waals surface area (Å²) >= 11 is 3.05. The summed E-state index contributed by atoms with van der Waals surface area (Å²) in [5.74, 6) is 0.737. The van der Waals surface area contributed by atoms with E-state index < -0.39 is 0 Å². The number of phenols is 1. The highest BCUT2D eigenvalue weighted by atomic mass is 32.1. The Kier molecular flexibility index (Phi) is 6.24. The van der Waals surface area contributed by atoms with E-state index in [-0.39, 0.29) is 18.1 Å². The van der Waals surface area contributed by atoms with Crippen molar-refractivity contribution >= 4 is 38.8 Å². The molecule has 3 N–H and O–H groups in total. The van der Waals surface area contributed by atoms with Crippen LogP contribution < -0.4 is 10.6 Å². The molecule has 3 aromatic rings. The molecule has 0 aliphatic heterocycles. The lowest BCUT2D eigenvalue weighted by atomic mass is 9.82. The topological polar surface area (TPSA) is 113 Å². The fourth-order valence-corrected chi connectivity index (χ4v) is 5.45. The number of aromatic hydroxyl groups is 1. The average Bonchev–Trinajstić information content (AvgIpc) is 3.40. The largest absolute Gasteiger partial charge is 0.508 e. The molecule has 1 fully saturated rings.